The molecule has 0 aliphatic rings. The maximum atomic E-state index is 13.5. The summed E-state index contributed by atoms with van der Waals surface area (Å²) in [6.45, 7) is 0.283. The van der Waals surface area contributed by atoms with Crippen molar-refractivity contribution in [1.82, 2.24) is 15.5 Å². The summed E-state index contributed by atoms with van der Waals surface area (Å²) in [5.74, 6) is -1.96. The second kappa shape index (κ2) is 7.80. The van der Waals surface area contributed by atoms with E-state index < -0.39 is 17.5 Å². The Kier molecular flexibility index (Phi) is 5.30. The first kappa shape index (κ1) is 17.0. The van der Waals surface area contributed by atoms with Crippen LogP contribution in [0.2, 0.25) is 0 Å². The van der Waals surface area contributed by atoms with Crippen LogP contribution >= 0.6 is 11.3 Å². The molecule has 0 atom stereocenters. The summed E-state index contributed by atoms with van der Waals surface area (Å²) in [5.41, 5.74) is 0.531. The van der Waals surface area contributed by atoms with Gasteiger partial charge in [0.25, 0.3) is 5.91 Å². The zero-order chi connectivity index (χ0) is 17.6. The van der Waals surface area contributed by atoms with Crippen LogP contribution in [0.15, 0.2) is 47.8 Å². The Hall–Kier alpha value is -2.87. The minimum atomic E-state index is -0.909. The highest BCUT2D eigenvalue weighted by Crippen LogP contribution is 2.22. The Bertz CT molecular complexity index is 855. The van der Waals surface area contributed by atoms with Crippen molar-refractivity contribution in [3.8, 4) is 16.5 Å². The van der Waals surface area contributed by atoms with E-state index in [1.54, 1.807) is 23.5 Å². The molecule has 0 spiro atoms. The first-order chi connectivity index (χ1) is 12.1. The molecule has 5 nitrogen and oxygen atoms in total. The number of aromatic nitrogens is 2. The molecule has 25 heavy (non-hydrogen) atoms. The molecule has 3 rings (SSSR count). The van der Waals surface area contributed by atoms with Crippen LogP contribution in [-0.4, -0.2) is 29.3 Å². The van der Waals surface area contributed by atoms with Crippen molar-refractivity contribution in [2.24, 2.45) is 0 Å². The largest absolute Gasteiger partial charge is 0.475 e. The van der Waals surface area contributed by atoms with E-state index in [1.807, 2.05) is 17.5 Å². The van der Waals surface area contributed by atoms with Crippen molar-refractivity contribution in [2.45, 2.75) is 0 Å². The molecule has 3 aromatic rings. The molecular weight excluding hydrogens is 348 g/mol. The van der Waals surface area contributed by atoms with Gasteiger partial charge >= 0.3 is 0 Å². The fourth-order valence-electron chi connectivity index (χ4n) is 2.04. The van der Waals surface area contributed by atoms with Gasteiger partial charge in [0.2, 0.25) is 5.88 Å². The maximum absolute atomic E-state index is 13.5. The van der Waals surface area contributed by atoms with Crippen molar-refractivity contribution in [3.63, 3.8) is 0 Å². The molecule has 0 radical (unpaired) electrons. The molecule has 2 heterocycles. The molecule has 0 bridgehead atoms. The predicted molar refractivity (Wildman–Crippen MR) is 89.5 cm³/mol. The Balaban J connectivity index is 1.47. The van der Waals surface area contributed by atoms with Crippen molar-refractivity contribution < 1.29 is 18.3 Å². The molecule has 0 aliphatic heterocycles. The van der Waals surface area contributed by atoms with Crippen molar-refractivity contribution in [2.75, 3.05) is 13.2 Å². The third kappa shape index (κ3) is 4.36. The topological polar surface area (TPSA) is 64.1 Å². The van der Waals surface area contributed by atoms with Gasteiger partial charge in [-0.05, 0) is 29.6 Å². The standard InChI is InChI=1S/C17H13F2N3O2S/c18-11-3-4-12(13(19)10-11)17(23)20-7-8-24-16-6-5-14(21-22-16)15-2-1-9-25-15/h1-6,9-10H,7-8H2,(H,20,23). The van der Waals surface area contributed by atoms with Crippen LogP contribution in [0.1, 0.15) is 10.4 Å². The van der Waals surface area contributed by atoms with E-state index in [2.05, 4.69) is 15.5 Å². The summed E-state index contributed by atoms with van der Waals surface area (Å²) in [5, 5.41) is 12.5. The molecule has 0 aliphatic carbocycles. The Morgan fingerprint density at radius 1 is 1.16 bits per heavy atom. The molecular formula is C17H13F2N3O2S. The summed E-state index contributed by atoms with van der Waals surface area (Å²) < 4.78 is 31.7. The second-order valence-electron chi connectivity index (χ2n) is 4.96. The van der Waals surface area contributed by atoms with E-state index in [0.29, 0.717) is 11.9 Å². The summed E-state index contributed by atoms with van der Waals surface area (Å²) >= 11 is 1.56. The number of halogens is 2. The number of nitrogens with zero attached hydrogens (tertiary/aromatic N) is 2. The van der Waals surface area contributed by atoms with Gasteiger partial charge in [-0.2, -0.15) is 0 Å². The second-order valence-corrected chi connectivity index (χ2v) is 5.91. The monoisotopic (exact) mass is 361 g/mol. The zero-order valence-electron chi connectivity index (χ0n) is 12.9. The van der Waals surface area contributed by atoms with E-state index >= 15 is 0 Å². The van der Waals surface area contributed by atoms with E-state index in [-0.39, 0.29) is 18.7 Å². The molecule has 128 valence electrons. The summed E-state index contributed by atoms with van der Waals surface area (Å²) in [4.78, 5) is 12.8. The number of hydrogen-bond acceptors (Lipinski definition) is 5. The Morgan fingerprint density at radius 2 is 2.04 bits per heavy atom. The van der Waals surface area contributed by atoms with Crippen LogP contribution in [0.5, 0.6) is 5.88 Å². The van der Waals surface area contributed by atoms with Gasteiger partial charge in [0.05, 0.1) is 17.0 Å². The molecule has 2 aromatic heterocycles. The molecule has 8 heteroatoms. The number of benzene rings is 1. The molecule has 1 amide bonds. The third-order valence-electron chi connectivity index (χ3n) is 3.23. The third-order valence-corrected chi connectivity index (χ3v) is 4.12. The smallest absolute Gasteiger partial charge is 0.254 e. The van der Waals surface area contributed by atoms with Gasteiger partial charge in [0, 0.05) is 12.1 Å². The summed E-state index contributed by atoms with van der Waals surface area (Å²) in [6.07, 6.45) is 0. The molecule has 0 unspecified atom stereocenters. The van der Waals surface area contributed by atoms with Gasteiger partial charge in [0.15, 0.2) is 0 Å². The lowest BCUT2D eigenvalue weighted by atomic mass is 10.2. The van der Waals surface area contributed by atoms with Crippen LogP contribution in [0.3, 0.4) is 0 Å². The fraction of sp³-hybridized carbons (Fsp3) is 0.118. The first-order valence-corrected chi connectivity index (χ1v) is 8.25. The highest BCUT2D eigenvalue weighted by molar-refractivity contribution is 7.13. The molecule has 0 saturated carbocycles. The fourth-order valence-corrected chi connectivity index (χ4v) is 2.73. The quantitative estimate of drug-likeness (QED) is 0.685. The molecule has 1 aromatic carbocycles. The Labute approximate surface area is 146 Å². The minimum Gasteiger partial charge on any atom is -0.475 e. The Morgan fingerprint density at radius 3 is 2.72 bits per heavy atom. The van der Waals surface area contributed by atoms with E-state index in [9.17, 15) is 13.6 Å². The lowest BCUT2D eigenvalue weighted by molar-refractivity contribution is 0.0942. The van der Waals surface area contributed by atoms with Crippen LogP contribution in [-0.2, 0) is 0 Å². The van der Waals surface area contributed by atoms with E-state index in [1.165, 1.54) is 0 Å². The average Bonchev–Trinajstić information content (AvgIpc) is 3.13. The van der Waals surface area contributed by atoms with Crippen molar-refractivity contribution in [1.29, 1.82) is 0 Å². The normalized spacial score (nSPS) is 10.5. The van der Waals surface area contributed by atoms with Gasteiger partial charge in [-0.1, -0.05) is 6.07 Å². The number of rotatable bonds is 6. The average molecular weight is 361 g/mol. The predicted octanol–water partition coefficient (Wildman–Crippen LogP) is 3.29. The van der Waals surface area contributed by atoms with Crippen molar-refractivity contribution >= 4 is 17.2 Å². The van der Waals surface area contributed by atoms with Gasteiger partial charge in [-0.25, -0.2) is 8.78 Å². The number of carbonyl (C=O) groups is 1. The highest BCUT2D eigenvalue weighted by atomic mass is 32.1. The highest BCUT2D eigenvalue weighted by Gasteiger charge is 2.12. The van der Waals surface area contributed by atoms with Gasteiger partial charge in [-0.15, -0.1) is 21.5 Å². The van der Waals surface area contributed by atoms with Gasteiger partial charge in [-0.3, -0.25) is 4.79 Å². The van der Waals surface area contributed by atoms with Crippen LogP contribution in [0, 0.1) is 11.6 Å². The van der Waals surface area contributed by atoms with Gasteiger partial charge in [0.1, 0.15) is 23.9 Å². The lowest BCUT2D eigenvalue weighted by Gasteiger charge is -2.07. The van der Waals surface area contributed by atoms with Crippen LogP contribution < -0.4 is 10.1 Å². The van der Waals surface area contributed by atoms with Crippen molar-refractivity contribution in [3.05, 3.63) is 65.0 Å². The molecule has 1 N–H and O–H groups in total. The summed E-state index contributed by atoms with van der Waals surface area (Å²) in [6, 6.07) is 10.1. The lowest BCUT2D eigenvalue weighted by Crippen LogP contribution is -2.29. The van der Waals surface area contributed by atoms with E-state index in [4.69, 9.17) is 4.74 Å². The first-order valence-electron chi connectivity index (χ1n) is 7.37. The molecule has 0 fully saturated rings. The zero-order valence-corrected chi connectivity index (χ0v) is 13.7. The SMILES string of the molecule is O=C(NCCOc1ccc(-c2cccs2)nn1)c1ccc(F)cc1F. The number of carbonyl (C=O) groups excluding carboxylic acids is 1. The number of hydrogen-bond donors (Lipinski definition) is 1. The van der Waals surface area contributed by atoms with Gasteiger partial charge < -0.3 is 10.1 Å². The minimum absolute atomic E-state index is 0.140. The number of amides is 1. The summed E-state index contributed by atoms with van der Waals surface area (Å²) in [7, 11) is 0. The number of ether oxygens (including phenoxy) is 1. The maximum Gasteiger partial charge on any atom is 0.254 e. The number of thiophene rings is 1. The van der Waals surface area contributed by atoms with Crippen LogP contribution in [0.4, 0.5) is 8.78 Å². The molecule has 0 saturated heterocycles. The van der Waals surface area contributed by atoms with E-state index in [0.717, 1.165) is 22.7 Å². The number of nitrogens with one attached hydrogen (secondary N) is 1. The van der Waals surface area contributed by atoms with Crippen LogP contribution in [0.25, 0.3) is 10.6 Å².